The largest absolute Gasteiger partial charge is 0.478 e. The molecule has 1 fully saturated rings. The summed E-state index contributed by atoms with van der Waals surface area (Å²) in [6.45, 7) is 4.34. The number of carbonyl (C=O) groups is 3. The summed E-state index contributed by atoms with van der Waals surface area (Å²) in [7, 11) is 1.37. The van der Waals surface area contributed by atoms with E-state index >= 15 is 0 Å². The summed E-state index contributed by atoms with van der Waals surface area (Å²) in [6, 6.07) is 6.44. The first-order valence-corrected chi connectivity index (χ1v) is 12.4. The molecule has 2 aromatic rings. The van der Waals surface area contributed by atoms with Crippen molar-refractivity contribution in [2.24, 2.45) is 5.41 Å². The van der Waals surface area contributed by atoms with Crippen LogP contribution in [0.3, 0.4) is 0 Å². The van der Waals surface area contributed by atoms with Gasteiger partial charge in [-0.3, -0.25) is 4.90 Å². The van der Waals surface area contributed by atoms with Crippen LogP contribution in [0.4, 0.5) is 0 Å². The standard InChI is InChI=1S/C21H25BrN2O3.C4H4O4/c1-3-20-8-4-9-23-10-7-15-14-6-5-13(22)11-16(14)24(17(15)18(20)23)21(26,12-20)19(25)27-2;5-3(6)1-2-4(7)8/h5-6,11,18,26H,3-4,7-10,12H2,1-2H3;1-2H,(H,5,6)(H,7,8)/t18?,20-,21-;/m0./s1. The van der Waals surface area contributed by atoms with E-state index in [0.29, 0.717) is 18.6 Å². The number of ether oxygens (including phenoxy) is 1. The summed E-state index contributed by atoms with van der Waals surface area (Å²) < 4.78 is 7.97. The highest BCUT2D eigenvalue weighted by Gasteiger charge is 2.60. The highest BCUT2D eigenvalue weighted by atomic mass is 79.9. The normalized spacial score (nSPS) is 27.1. The van der Waals surface area contributed by atoms with Crippen molar-refractivity contribution in [2.45, 2.75) is 50.8 Å². The lowest BCUT2D eigenvalue weighted by atomic mass is 9.62. The molecule has 10 heteroatoms. The summed E-state index contributed by atoms with van der Waals surface area (Å²) in [5, 5.41) is 28.6. The van der Waals surface area contributed by atoms with Crippen LogP contribution in [0.5, 0.6) is 0 Å². The number of fused-ring (bicyclic) bond motifs is 3. The number of methoxy groups -OCH3 is 1. The van der Waals surface area contributed by atoms with Crippen molar-refractivity contribution in [2.75, 3.05) is 20.2 Å². The molecule has 1 aromatic heterocycles. The van der Waals surface area contributed by atoms with E-state index in [2.05, 4.69) is 33.8 Å². The number of rotatable bonds is 4. The number of carbonyl (C=O) groups excluding carboxylic acids is 1. The fourth-order valence-corrected chi connectivity index (χ4v) is 6.61. The second-order valence-electron chi connectivity index (χ2n) is 9.36. The van der Waals surface area contributed by atoms with Gasteiger partial charge in [-0.15, -0.1) is 0 Å². The number of carboxylic acid groups (broad SMARTS) is 2. The summed E-state index contributed by atoms with van der Waals surface area (Å²) in [5.41, 5.74) is 1.58. The predicted molar refractivity (Wildman–Crippen MR) is 131 cm³/mol. The van der Waals surface area contributed by atoms with Crippen LogP contribution in [0, 0.1) is 5.41 Å². The molecule has 188 valence electrons. The van der Waals surface area contributed by atoms with E-state index in [1.54, 1.807) is 0 Å². The fraction of sp³-hybridized carbons (Fsp3) is 0.480. The van der Waals surface area contributed by atoms with Crippen LogP contribution < -0.4 is 0 Å². The molecule has 0 bridgehead atoms. The molecular formula is C25H29BrN2O7. The number of aromatic nitrogens is 1. The Morgan fingerprint density at radius 2 is 1.89 bits per heavy atom. The van der Waals surface area contributed by atoms with Crippen molar-refractivity contribution in [3.05, 3.63) is 46.1 Å². The molecule has 3 aliphatic heterocycles. The molecule has 0 saturated carbocycles. The van der Waals surface area contributed by atoms with Crippen LogP contribution in [0.2, 0.25) is 0 Å². The van der Waals surface area contributed by atoms with Gasteiger partial charge in [-0.2, -0.15) is 0 Å². The van der Waals surface area contributed by atoms with Crippen LogP contribution in [-0.4, -0.2) is 62.9 Å². The Kier molecular flexibility index (Phi) is 6.82. The summed E-state index contributed by atoms with van der Waals surface area (Å²) in [5.74, 6) is -3.07. The third-order valence-electron chi connectivity index (χ3n) is 7.60. The molecule has 1 aromatic carbocycles. The lowest BCUT2D eigenvalue weighted by molar-refractivity contribution is -0.194. The third-order valence-corrected chi connectivity index (χ3v) is 8.10. The lowest BCUT2D eigenvalue weighted by Crippen LogP contribution is -2.60. The first-order chi connectivity index (χ1) is 16.6. The van der Waals surface area contributed by atoms with E-state index in [0.717, 1.165) is 59.8 Å². The van der Waals surface area contributed by atoms with Gasteiger partial charge < -0.3 is 24.6 Å². The highest BCUT2D eigenvalue weighted by Crippen LogP contribution is 2.60. The Bertz CT molecular complexity index is 1210. The number of aliphatic hydroxyl groups is 1. The van der Waals surface area contributed by atoms with Crippen LogP contribution in [-0.2, 0) is 31.3 Å². The van der Waals surface area contributed by atoms with Crippen molar-refractivity contribution in [1.29, 1.82) is 0 Å². The van der Waals surface area contributed by atoms with Gasteiger partial charge >= 0.3 is 17.9 Å². The van der Waals surface area contributed by atoms with Crippen molar-refractivity contribution >= 4 is 44.7 Å². The average Bonchev–Trinajstić information content (AvgIpc) is 3.16. The summed E-state index contributed by atoms with van der Waals surface area (Å²) in [6.07, 6.45) is 5.57. The second kappa shape index (κ2) is 9.40. The molecule has 0 radical (unpaired) electrons. The van der Waals surface area contributed by atoms with Crippen molar-refractivity contribution in [3.8, 4) is 0 Å². The molecule has 35 heavy (non-hydrogen) atoms. The number of hydrogen-bond acceptors (Lipinski definition) is 6. The highest BCUT2D eigenvalue weighted by molar-refractivity contribution is 9.10. The van der Waals surface area contributed by atoms with Gasteiger partial charge in [-0.05, 0) is 55.3 Å². The summed E-state index contributed by atoms with van der Waals surface area (Å²) in [4.78, 5) is 34.6. The quantitative estimate of drug-likeness (QED) is 0.391. The van der Waals surface area contributed by atoms with Crippen LogP contribution >= 0.6 is 15.9 Å². The van der Waals surface area contributed by atoms with Crippen LogP contribution in [0.1, 0.15) is 49.9 Å². The number of piperidine rings is 1. The summed E-state index contributed by atoms with van der Waals surface area (Å²) >= 11 is 3.57. The number of carboxylic acids is 2. The van der Waals surface area contributed by atoms with E-state index in [4.69, 9.17) is 14.9 Å². The monoisotopic (exact) mass is 548 g/mol. The third kappa shape index (κ3) is 4.17. The molecule has 0 amide bonds. The van der Waals surface area contributed by atoms with Gasteiger partial charge in [0.15, 0.2) is 0 Å². The Labute approximate surface area is 211 Å². The maximum absolute atomic E-state index is 12.9. The smallest absolute Gasteiger partial charge is 0.359 e. The molecule has 3 aliphatic rings. The maximum atomic E-state index is 12.9. The Morgan fingerprint density at radius 1 is 1.20 bits per heavy atom. The molecule has 0 aliphatic carbocycles. The number of benzene rings is 1. The van der Waals surface area contributed by atoms with Crippen molar-refractivity contribution in [3.63, 3.8) is 0 Å². The molecule has 1 unspecified atom stereocenters. The van der Waals surface area contributed by atoms with Gasteiger partial charge in [0.2, 0.25) is 5.72 Å². The van der Waals surface area contributed by atoms with E-state index in [9.17, 15) is 19.5 Å². The number of esters is 1. The van der Waals surface area contributed by atoms with Gasteiger partial charge in [-0.1, -0.05) is 28.9 Å². The Balaban J connectivity index is 0.000000314. The average molecular weight is 549 g/mol. The van der Waals surface area contributed by atoms with E-state index in [1.807, 2.05) is 16.7 Å². The lowest BCUT2D eigenvalue weighted by Gasteiger charge is -2.57. The fourth-order valence-electron chi connectivity index (χ4n) is 6.26. The number of hydrogen-bond donors (Lipinski definition) is 3. The molecule has 4 heterocycles. The van der Waals surface area contributed by atoms with E-state index in [1.165, 1.54) is 12.7 Å². The SMILES string of the molecule is CC[C@]12CCCN3CCc4c(n(c5cc(Br)ccc45)[C@@](O)(C(=O)OC)C1)C32.O=C(O)C=CC(=O)O. The number of halogens is 1. The van der Waals surface area contributed by atoms with Gasteiger partial charge in [0.25, 0.3) is 0 Å². The van der Waals surface area contributed by atoms with Gasteiger partial charge in [0.05, 0.1) is 18.7 Å². The predicted octanol–water partition coefficient (Wildman–Crippen LogP) is 3.43. The minimum absolute atomic E-state index is 0.0992. The zero-order chi connectivity index (χ0) is 25.5. The van der Waals surface area contributed by atoms with Gasteiger partial charge in [0.1, 0.15) is 0 Å². The Hall–Kier alpha value is -2.69. The molecule has 3 N–H and O–H groups in total. The Morgan fingerprint density at radius 3 is 2.49 bits per heavy atom. The van der Waals surface area contributed by atoms with E-state index < -0.39 is 23.6 Å². The molecule has 3 atom stereocenters. The van der Waals surface area contributed by atoms with Crippen LogP contribution in [0.25, 0.3) is 10.9 Å². The molecule has 0 spiro atoms. The molecule has 1 saturated heterocycles. The second-order valence-corrected chi connectivity index (χ2v) is 10.3. The van der Waals surface area contributed by atoms with Crippen molar-refractivity contribution in [1.82, 2.24) is 9.47 Å². The minimum atomic E-state index is -1.66. The first-order valence-electron chi connectivity index (χ1n) is 11.6. The molecule has 9 nitrogen and oxygen atoms in total. The van der Waals surface area contributed by atoms with Gasteiger partial charge in [-0.25, -0.2) is 14.4 Å². The van der Waals surface area contributed by atoms with Crippen molar-refractivity contribution < 1.29 is 34.4 Å². The zero-order valence-electron chi connectivity index (χ0n) is 19.7. The number of aliphatic carboxylic acids is 2. The molecule has 5 rings (SSSR count). The van der Waals surface area contributed by atoms with E-state index in [-0.39, 0.29) is 11.5 Å². The molecular weight excluding hydrogens is 520 g/mol. The maximum Gasteiger partial charge on any atom is 0.359 e. The topological polar surface area (TPSA) is 129 Å². The number of nitrogens with zero attached hydrogens (tertiary/aromatic N) is 2. The minimum Gasteiger partial charge on any atom is -0.478 e. The van der Waals surface area contributed by atoms with Gasteiger partial charge in [0, 0.05) is 40.7 Å². The van der Waals surface area contributed by atoms with Crippen LogP contribution in [0.15, 0.2) is 34.8 Å². The first kappa shape index (κ1) is 25.4. The zero-order valence-corrected chi connectivity index (χ0v) is 21.2.